The summed E-state index contributed by atoms with van der Waals surface area (Å²) in [5.41, 5.74) is 3.27. The molecule has 0 radical (unpaired) electrons. The van der Waals surface area contributed by atoms with E-state index in [9.17, 15) is 0 Å². The highest BCUT2D eigenvalue weighted by Gasteiger charge is 2.17. The van der Waals surface area contributed by atoms with Crippen LogP contribution >= 0.6 is 11.3 Å². The Kier molecular flexibility index (Phi) is 6.18. The van der Waals surface area contributed by atoms with Crippen LogP contribution in [0, 0.1) is 0 Å². The third-order valence-electron chi connectivity index (χ3n) is 3.56. The molecule has 0 amide bonds. The summed E-state index contributed by atoms with van der Waals surface area (Å²) in [5.74, 6) is 0. The van der Waals surface area contributed by atoms with Crippen LogP contribution in [-0.4, -0.2) is 29.5 Å². The summed E-state index contributed by atoms with van der Waals surface area (Å²) in [5, 5.41) is 3.56. The first-order chi connectivity index (χ1) is 9.85. The van der Waals surface area contributed by atoms with Gasteiger partial charge in [0.15, 0.2) is 0 Å². The van der Waals surface area contributed by atoms with Gasteiger partial charge < -0.3 is 5.32 Å². The Labute approximate surface area is 125 Å². The van der Waals surface area contributed by atoms with Gasteiger partial charge in [0.2, 0.25) is 0 Å². The minimum atomic E-state index is 0.430. The van der Waals surface area contributed by atoms with Crippen LogP contribution in [0.1, 0.15) is 30.3 Å². The highest BCUT2D eigenvalue weighted by atomic mass is 32.1. The SMILES string of the molecule is CCN(CC)C(CNCc1cncs1)c1ccccc1. The van der Waals surface area contributed by atoms with Gasteiger partial charge >= 0.3 is 0 Å². The molecule has 0 aliphatic heterocycles. The topological polar surface area (TPSA) is 28.2 Å². The lowest BCUT2D eigenvalue weighted by atomic mass is 10.1. The molecule has 1 atom stereocenters. The minimum Gasteiger partial charge on any atom is -0.310 e. The van der Waals surface area contributed by atoms with Gasteiger partial charge in [0.1, 0.15) is 0 Å². The van der Waals surface area contributed by atoms with E-state index in [2.05, 4.69) is 59.4 Å². The van der Waals surface area contributed by atoms with Gasteiger partial charge in [-0.05, 0) is 18.7 Å². The lowest BCUT2D eigenvalue weighted by molar-refractivity contribution is 0.213. The Hall–Kier alpha value is -1.23. The molecule has 1 aromatic carbocycles. The van der Waals surface area contributed by atoms with E-state index in [1.807, 2.05) is 11.7 Å². The van der Waals surface area contributed by atoms with E-state index >= 15 is 0 Å². The Morgan fingerprint density at radius 2 is 1.95 bits per heavy atom. The molecule has 20 heavy (non-hydrogen) atoms. The zero-order valence-electron chi connectivity index (χ0n) is 12.2. The standard InChI is InChI=1S/C16H23N3S/c1-3-19(4-2)16(14-8-6-5-7-9-14)12-17-10-15-11-18-13-20-15/h5-9,11,13,16-17H,3-4,10,12H2,1-2H3. The summed E-state index contributed by atoms with van der Waals surface area (Å²) >= 11 is 1.70. The van der Waals surface area contributed by atoms with Crippen molar-refractivity contribution in [2.45, 2.75) is 26.4 Å². The molecule has 1 N–H and O–H groups in total. The lowest BCUT2D eigenvalue weighted by Crippen LogP contribution is -2.35. The monoisotopic (exact) mass is 289 g/mol. The van der Waals surface area contributed by atoms with Crippen LogP contribution in [0.2, 0.25) is 0 Å². The van der Waals surface area contributed by atoms with E-state index < -0.39 is 0 Å². The van der Waals surface area contributed by atoms with Crippen LogP contribution in [0.15, 0.2) is 42.0 Å². The van der Waals surface area contributed by atoms with E-state index in [1.165, 1.54) is 10.4 Å². The summed E-state index contributed by atoms with van der Waals surface area (Å²) in [4.78, 5) is 7.90. The average Bonchev–Trinajstić information content (AvgIpc) is 3.01. The summed E-state index contributed by atoms with van der Waals surface area (Å²) in [6.45, 7) is 8.45. The number of nitrogens with zero attached hydrogens (tertiary/aromatic N) is 2. The predicted molar refractivity (Wildman–Crippen MR) is 85.9 cm³/mol. The Morgan fingerprint density at radius 1 is 1.20 bits per heavy atom. The van der Waals surface area contributed by atoms with Crippen LogP contribution in [-0.2, 0) is 6.54 Å². The van der Waals surface area contributed by atoms with Gasteiger partial charge in [-0.15, -0.1) is 11.3 Å². The van der Waals surface area contributed by atoms with Gasteiger partial charge in [-0.2, -0.15) is 0 Å². The fourth-order valence-electron chi connectivity index (χ4n) is 2.46. The van der Waals surface area contributed by atoms with E-state index in [-0.39, 0.29) is 0 Å². The molecule has 108 valence electrons. The van der Waals surface area contributed by atoms with Crippen molar-refractivity contribution in [3.05, 3.63) is 52.5 Å². The van der Waals surface area contributed by atoms with Crippen LogP contribution in [0.3, 0.4) is 0 Å². The van der Waals surface area contributed by atoms with Crippen LogP contribution in [0.25, 0.3) is 0 Å². The van der Waals surface area contributed by atoms with Crippen molar-refractivity contribution in [3.63, 3.8) is 0 Å². The molecule has 1 aromatic heterocycles. The van der Waals surface area contributed by atoms with E-state index in [4.69, 9.17) is 0 Å². The first kappa shape index (κ1) is 15.2. The van der Waals surface area contributed by atoms with Crippen LogP contribution in [0.5, 0.6) is 0 Å². The molecular weight excluding hydrogens is 266 g/mol. The van der Waals surface area contributed by atoms with Gasteiger partial charge in [-0.25, -0.2) is 0 Å². The second-order valence-corrected chi connectivity index (χ2v) is 5.72. The van der Waals surface area contributed by atoms with Crippen LogP contribution < -0.4 is 5.32 Å². The van der Waals surface area contributed by atoms with E-state index in [1.54, 1.807) is 11.3 Å². The normalized spacial score (nSPS) is 12.8. The maximum Gasteiger partial charge on any atom is 0.0794 e. The molecule has 0 aliphatic rings. The number of aromatic nitrogens is 1. The molecule has 0 spiro atoms. The third-order valence-corrected chi connectivity index (χ3v) is 4.34. The highest BCUT2D eigenvalue weighted by molar-refractivity contribution is 7.09. The quantitative estimate of drug-likeness (QED) is 0.808. The molecule has 3 nitrogen and oxygen atoms in total. The molecule has 4 heteroatoms. The second kappa shape index (κ2) is 8.15. The molecule has 0 aliphatic carbocycles. The van der Waals surface area contributed by atoms with Crippen molar-refractivity contribution in [1.29, 1.82) is 0 Å². The number of likely N-dealkylation sites (N-methyl/N-ethyl adjacent to an activating group) is 1. The number of thiazole rings is 1. The van der Waals surface area contributed by atoms with Gasteiger partial charge in [-0.3, -0.25) is 9.88 Å². The zero-order chi connectivity index (χ0) is 14.2. The first-order valence-corrected chi connectivity index (χ1v) is 8.10. The summed E-state index contributed by atoms with van der Waals surface area (Å²) < 4.78 is 0. The fourth-order valence-corrected chi connectivity index (χ4v) is 3.02. The molecule has 1 unspecified atom stereocenters. The first-order valence-electron chi connectivity index (χ1n) is 7.22. The van der Waals surface area contributed by atoms with Crippen molar-refractivity contribution >= 4 is 11.3 Å². The lowest BCUT2D eigenvalue weighted by Gasteiger charge is -2.30. The fraction of sp³-hybridized carbons (Fsp3) is 0.438. The van der Waals surface area contributed by atoms with Crippen LogP contribution in [0.4, 0.5) is 0 Å². The molecule has 0 saturated carbocycles. The smallest absolute Gasteiger partial charge is 0.0794 e. The number of hydrogen-bond acceptors (Lipinski definition) is 4. The molecule has 2 aromatic rings. The predicted octanol–water partition coefficient (Wildman–Crippen LogP) is 3.32. The number of hydrogen-bond donors (Lipinski definition) is 1. The van der Waals surface area contributed by atoms with Gasteiger partial charge in [0.05, 0.1) is 5.51 Å². The van der Waals surface area contributed by atoms with Crippen molar-refractivity contribution in [2.75, 3.05) is 19.6 Å². The minimum absolute atomic E-state index is 0.430. The van der Waals surface area contributed by atoms with Gasteiger partial charge in [0.25, 0.3) is 0 Å². The second-order valence-electron chi connectivity index (χ2n) is 4.75. The van der Waals surface area contributed by atoms with Crippen molar-refractivity contribution in [2.24, 2.45) is 0 Å². The number of nitrogens with one attached hydrogen (secondary N) is 1. The molecule has 1 heterocycles. The van der Waals surface area contributed by atoms with Crippen molar-refractivity contribution in [1.82, 2.24) is 15.2 Å². The molecule has 0 saturated heterocycles. The number of benzene rings is 1. The summed E-state index contributed by atoms with van der Waals surface area (Å²) in [6, 6.07) is 11.2. The molecule has 2 rings (SSSR count). The van der Waals surface area contributed by atoms with E-state index in [0.717, 1.165) is 26.2 Å². The van der Waals surface area contributed by atoms with Gasteiger partial charge in [-0.1, -0.05) is 44.2 Å². The zero-order valence-corrected chi connectivity index (χ0v) is 13.1. The molecule has 0 fully saturated rings. The third kappa shape index (κ3) is 4.13. The summed E-state index contributed by atoms with van der Waals surface area (Å²) in [6.07, 6.45) is 1.94. The Bertz CT molecular complexity index is 466. The Balaban J connectivity index is 1.99. The maximum atomic E-state index is 4.11. The van der Waals surface area contributed by atoms with Crippen molar-refractivity contribution < 1.29 is 0 Å². The number of rotatable bonds is 8. The van der Waals surface area contributed by atoms with Gasteiger partial charge in [0, 0.05) is 30.2 Å². The molecule has 0 bridgehead atoms. The van der Waals surface area contributed by atoms with Crippen molar-refractivity contribution in [3.8, 4) is 0 Å². The van der Waals surface area contributed by atoms with E-state index in [0.29, 0.717) is 6.04 Å². The average molecular weight is 289 g/mol. The summed E-state index contributed by atoms with van der Waals surface area (Å²) in [7, 11) is 0. The Morgan fingerprint density at radius 3 is 2.55 bits per heavy atom. The highest BCUT2D eigenvalue weighted by Crippen LogP contribution is 2.19. The molecular formula is C16H23N3S. The maximum absolute atomic E-state index is 4.11. The largest absolute Gasteiger partial charge is 0.310 e.